The Morgan fingerprint density at radius 3 is 2.61 bits per heavy atom. The van der Waals surface area contributed by atoms with E-state index in [1.165, 1.54) is 12.1 Å². The fourth-order valence-electron chi connectivity index (χ4n) is 1.92. The van der Waals surface area contributed by atoms with Gasteiger partial charge in [0.15, 0.2) is 0 Å². The lowest BCUT2D eigenvalue weighted by atomic mass is 10.0. The standard InChI is InChI=1S/C15H16FNO/c16-14-3-1-2-13(10-14)11-15(18)5-4-12-6-8-17-9-7-12/h1-3,6-10,15,18H,4-5,11H2. The van der Waals surface area contributed by atoms with E-state index in [2.05, 4.69) is 4.98 Å². The van der Waals surface area contributed by atoms with Crippen molar-refractivity contribution in [1.29, 1.82) is 0 Å². The molecule has 0 spiro atoms. The molecule has 94 valence electrons. The van der Waals surface area contributed by atoms with Crippen molar-refractivity contribution in [3.63, 3.8) is 0 Å². The predicted molar refractivity (Wildman–Crippen MR) is 68.7 cm³/mol. The molecule has 0 aliphatic carbocycles. The highest BCUT2D eigenvalue weighted by Crippen LogP contribution is 2.10. The molecule has 2 aromatic rings. The van der Waals surface area contributed by atoms with Crippen molar-refractivity contribution in [2.24, 2.45) is 0 Å². The summed E-state index contributed by atoms with van der Waals surface area (Å²) in [6.45, 7) is 0. The van der Waals surface area contributed by atoms with Crippen molar-refractivity contribution in [2.75, 3.05) is 0 Å². The van der Waals surface area contributed by atoms with Gasteiger partial charge in [-0.3, -0.25) is 4.98 Å². The van der Waals surface area contributed by atoms with E-state index >= 15 is 0 Å². The van der Waals surface area contributed by atoms with Crippen molar-refractivity contribution in [1.82, 2.24) is 4.98 Å². The van der Waals surface area contributed by atoms with Crippen LogP contribution in [0.2, 0.25) is 0 Å². The Bertz CT molecular complexity index is 487. The third-order valence-corrected chi connectivity index (χ3v) is 2.88. The Morgan fingerprint density at radius 2 is 1.89 bits per heavy atom. The van der Waals surface area contributed by atoms with Gasteiger partial charge in [0.1, 0.15) is 5.82 Å². The van der Waals surface area contributed by atoms with Gasteiger partial charge in [-0.2, -0.15) is 0 Å². The van der Waals surface area contributed by atoms with Gasteiger partial charge in [0.05, 0.1) is 6.10 Å². The number of aliphatic hydroxyl groups excluding tert-OH is 1. The quantitative estimate of drug-likeness (QED) is 0.878. The molecule has 2 nitrogen and oxygen atoms in total. The van der Waals surface area contributed by atoms with Crippen LogP contribution in [0.15, 0.2) is 48.8 Å². The summed E-state index contributed by atoms with van der Waals surface area (Å²) < 4.78 is 13.0. The van der Waals surface area contributed by atoms with E-state index in [0.29, 0.717) is 12.8 Å². The molecule has 1 atom stereocenters. The van der Waals surface area contributed by atoms with E-state index in [-0.39, 0.29) is 5.82 Å². The van der Waals surface area contributed by atoms with E-state index in [9.17, 15) is 9.50 Å². The number of hydrogen-bond acceptors (Lipinski definition) is 2. The number of pyridine rings is 1. The minimum absolute atomic E-state index is 0.256. The SMILES string of the molecule is OC(CCc1ccncc1)Cc1cccc(F)c1. The Labute approximate surface area is 106 Å². The smallest absolute Gasteiger partial charge is 0.123 e. The Balaban J connectivity index is 1.84. The summed E-state index contributed by atoms with van der Waals surface area (Å²) in [6, 6.07) is 10.3. The molecule has 0 saturated heterocycles. The maximum atomic E-state index is 13.0. The zero-order valence-corrected chi connectivity index (χ0v) is 10.1. The van der Waals surface area contributed by atoms with Gasteiger partial charge in [-0.15, -0.1) is 0 Å². The number of nitrogens with zero attached hydrogens (tertiary/aromatic N) is 1. The first-order valence-corrected chi connectivity index (χ1v) is 6.05. The van der Waals surface area contributed by atoms with Crippen LogP contribution in [-0.2, 0) is 12.8 Å². The van der Waals surface area contributed by atoms with Crippen molar-refractivity contribution in [3.05, 3.63) is 65.7 Å². The Kier molecular flexibility index (Phi) is 4.42. The van der Waals surface area contributed by atoms with E-state index < -0.39 is 6.10 Å². The van der Waals surface area contributed by atoms with Crippen molar-refractivity contribution < 1.29 is 9.50 Å². The van der Waals surface area contributed by atoms with Crippen LogP contribution in [0.1, 0.15) is 17.5 Å². The second-order valence-corrected chi connectivity index (χ2v) is 4.38. The Morgan fingerprint density at radius 1 is 1.11 bits per heavy atom. The molecular weight excluding hydrogens is 229 g/mol. The first-order chi connectivity index (χ1) is 8.74. The summed E-state index contributed by atoms with van der Waals surface area (Å²) in [7, 11) is 0. The second kappa shape index (κ2) is 6.26. The third-order valence-electron chi connectivity index (χ3n) is 2.88. The number of aliphatic hydroxyl groups is 1. The van der Waals surface area contributed by atoms with Gasteiger partial charge >= 0.3 is 0 Å². The van der Waals surface area contributed by atoms with Crippen LogP contribution in [0.3, 0.4) is 0 Å². The molecule has 0 aliphatic heterocycles. The summed E-state index contributed by atoms with van der Waals surface area (Å²) in [5.41, 5.74) is 1.99. The zero-order valence-electron chi connectivity index (χ0n) is 10.1. The summed E-state index contributed by atoms with van der Waals surface area (Å²) in [5, 5.41) is 9.92. The average molecular weight is 245 g/mol. The second-order valence-electron chi connectivity index (χ2n) is 4.38. The van der Waals surface area contributed by atoms with Crippen LogP contribution in [0, 0.1) is 5.82 Å². The molecule has 0 amide bonds. The lowest BCUT2D eigenvalue weighted by Gasteiger charge is -2.10. The average Bonchev–Trinajstić information content (AvgIpc) is 2.38. The molecule has 18 heavy (non-hydrogen) atoms. The molecule has 0 fully saturated rings. The normalized spacial score (nSPS) is 12.3. The predicted octanol–water partition coefficient (Wildman–Crippen LogP) is 2.76. The molecule has 1 unspecified atom stereocenters. The number of aryl methyl sites for hydroxylation is 1. The van der Waals surface area contributed by atoms with E-state index in [0.717, 1.165) is 17.5 Å². The lowest BCUT2D eigenvalue weighted by Crippen LogP contribution is -2.11. The highest BCUT2D eigenvalue weighted by molar-refractivity contribution is 5.17. The number of aromatic nitrogens is 1. The molecule has 1 aromatic carbocycles. The third kappa shape index (κ3) is 3.93. The highest BCUT2D eigenvalue weighted by atomic mass is 19.1. The van der Waals surface area contributed by atoms with E-state index in [4.69, 9.17) is 0 Å². The molecular formula is C15H16FNO. The lowest BCUT2D eigenvalue weighted by molar-refractivity contribution is 0.165. The van der Waals surface area contributed by atoms with Crippen molar-refractivity contribution in [2.45, 2.75) is 25.4 Å². The Hall–Kier alpha value is -1.74. The molecule has 1 aromatic heterocycles. The molecule has 2 rings (SSSR count). The molecule has 3 heteroatoms. The van der Waals surface area contributed by atoms with Crippen LogP contribution in [0.25, 0.3) is 0 Å². The summed E-state index contributed by atoms with van der Waals surface area (Å²) in [4.78, 5) is 3.95. The van der Waals surface area contributed by atoms with Crippen molar-refractivity contribution >= 4 is 0 Å². The maximum absolute atomic E-state index is 13.0. The largest absolute Gasteiger partial charge is 0.393 e. The monoisotopic (exact) mass is 245 g/mol. The molecule has 0 bridgehead atoms. The molecule has 0 radical (unpaired) electrons. The van der Waals surface area contributed by atoms with Crippen LogP contribution in [0.4, 0.5) is 4.39 Å². The van der Waals surface area contributed by atoms with Gasteiger partial charge < -0.3 is 5.11 Å². The molecule has 1 heterocycles. The first-order valence-electron chi connectivity index (χ1n) is 6.05. The van der Waals surface area contributed by atoms with Gasteiger partial charge in [-0.1, -0.05) is 12.1 Å². The fourth-order valence-corrected chi connectivity index (χ4v) is 1.92. The number of rotatable bonds is 5. The van der Waals surface area contributed by atoms with E-state index in [1.54, 1.807) is 18.5 Å². The molecule has 1 N–H and O–H groups in total. The number of hydrogen-bond donors (Lipinski definition) is 1. The summed E-state index contributed by atoms with van der Waals surface area (Å²) >= 11 is 0. The summed E-state index contributed by atoms with van der Waals surface area (Å²) in [6.07, 6.45) is 5.00. The van der Waals surface area contributed by atoms with Crippen LogP contribution < -0.4 is 0 Å². The maximum Gasteiger partial charge on any atom is 0.123 e. The number of benzene rings is 1. The number of halogens is 1. The highest BCUT2D eigenvalue weighted by Gasteiger charge is 2.06. The van der Waals surface area contributed by atoms with Gasteiger partial charge in [-0.05, 0) is 54.7 Å². The summed E-state index contributed by atoms with van der Waals surface area (Å²) in [5.74, 6) is -0.256. The minimum Gasteiger partial charge on any atom is -0.393 e. The van der Waals surface area contributed by atoms with Gasteiger partial charge in [-0.25, -0.2) is 4.39 Å². The molecule has 0 saturated carbocycles. The minimum atomic E-state index is -0.444. The van der Waals surface area contributed by atoms with Gasteiger partial charge in [0.2, 0.25) is 0 Å². The fraction of sp³-hybridized carbons (Fsp3) is 0.267. The van der Waals surface area contributed by atoms with Crippen molar-refractivity contribution in [3.8, 4) is 0 Å². The zero-order chi connectivity index (χ0) is 12.8. The van der Waals surface area contributed by atoms with Crippen LogP contribution in [-0.4, -0.2) is 16.2 Å². The topological polar surface area (TPSA) is 33.1 Å². The van der Waals surface area contributed by atoms with Crippen LogP contribution in [0.5, 0.6) is 0 Å². The molecule has 0 aliphatic rings. The van der Waals surface area contributed by atoms with Gasteiger partial charge in [0.25, 0.3) is 0 Å². The van der Waals surface area contributed by atoms with E-state index in [1.807, 2.05) is 18.2 Å². The van der Waals surface area contributed by atoms with Gasteiger partial charge in [0, 0.05) is 12.4 Å². The first kappa shape index (κ1) is 12.7. The van der Waals surface area contributed by atoms with Crippen LogP contribution >= 0.6 is 0 Å².